The van der Waals surface area contributed by atoms with Gasteiger partial charge in [-0.15, -0.1) is 0 Å². The normalized spacial score (nSPS) is 11.1. The number of aryl methyl sites for hydroxylation is 1. The minimum absolute atomic E-state index is 0.386. The number of nitrogens with zero attached hydrogens (tertiary/aromatic N) is 3. The quantitative estimate of drug-likeness (QED) is 0.910. The molecule has 0 unspecified atom stereocenters. The highest BCUT2D eigenvalue weighted by atomic mass is 35.5. The van der Waals surface area contributed by atoms with E-state index in [0.29, 0.717) is 17.3 Å². The summed E-state index contributed by atoms with van der Waals surface area (Å²) in [4.78, 5) is 4.26. The van der Waals surface area contributed by atoms with E-state index in [9.17, 15) is 5.11 Å². The molecule has 2 N–H and O–H groups in total. The lowest BCUT2D eigenvalue weighted by Gasteiger charge is -2.18. The number of aromatic nitrogens is 3. The molecule has 0 saturated heterocycles. The molecule has 0 bridgehead atoms. The molecular weight excluding hydrogens is 264 g/mol. The van der Waals surface area contributed by atoms with Crippen molar-refractivity contribution in [2.24, 2.45) is 0 Å². The molecule has 0 aromatic carbocycles. The first-order valence-electron chi connectivity index (χ1n) is 6.34. The first-order valence-corrected chi connectivity index (χ1v) is 6.72. The summed E-state index contributed by atoms with van der Waals surface area (Å²) < 4.78 is 1.68. The second-order valence-corrected chi connectivity index (χ2v) is 5.07. The molecule has 0 aliphatic rings. The van der Waals surface area contributed by atoms with E-state index in [0.717, 1.165) is 11.4 Å². The van der Waals surface area contributed by atoms with Crippen LogP contribution in [0.4, 0.5) is 5.69 Å². The van der Waals surface area contributed by atoms with Crippen LogP contribution >= 0.6 is 11.6 Å². The molecule has 0 aliphatic heterocycles. The third-order valence-electron chi connectivity index (χ3n) is 2.32. The monoisotopic (exact) mass is 284 g/mol. The van der Waals surface area contributed by atoms with Crippen LogP contribution in [-0.2, 0) is 0 Å². The highest BCUT2D eigenvalue weighted by Gasteiger charge is 2.14. The van der Waals surface area contributed by atoms with Gasteiger partial charge >= 0.3 is 0 Å². The van der Waals surface area contributed by atoms with Gasteiger partial charge in [-0.2, -0.15) is 5.10 Å². The highest BCUT2D eigenvalue weighted by Crippen LogP contribution is 2.20. The van der Waals surface area contributed by atoms with E-state index in [1.54, 1.807) is 30.6 Å². The van der Waals surface area contributed by atoms with Gasteiger partial charge in [0, 0.05) is 12.6 Å². The summed E-state index contributed by atoms with van der Waals surface area (Å²) in [6.45, 7) is 9.78. The van der Waals surface area contributed by atoms with Gasteiger partial charge in [-0.1, -0.05) is 25.4 Å². The summed E-state index contributed by atoms with van der Waals surface area (Å²) in [7, 11) is 0. The SMILES string of the molecule is CC.Cc1cnc2c(NCC(C)(C)O)cc(Cl)nn12. The Morgan fingerprint density at radius 1 is 1.42 bits per heavy atom. The summed E-state index contributed by atoms with van der Waals surface area (Å²) in [5.41, 5.74) is 1.58. The molecule has 0 fully saturated rings. The number of nitrogens with one attached hydrogen (secondary N) is 1. The molecule has 5 nitrogen and oxygen atoms in total. The number of hydrogen-bond acceptors (Lipinski definition) is 4. The van der Waals surface area contributed by atoms with E-state index in [2.05, 4.69) is 15.4 Å². The molecule has 0 atom stereocenters. The lowest BCUT2D eigenvalue weighted by Crippen LogP contribution is -2.29. The predicted molar refractivity (Wildman–Crippen MR) is 78.9 cm³/mol. The van der Waals surface area contributed by atoms with Crippen molar-refractivity contribution in [2.75, 3.05) is 11.9 Å². The second kappa shape index (κ2) is 6.21. The van der Waals surface area contributed by atoms with Gasteiger partial charge in [0.15, 0.2) is 10.8 Å². The van der Waals surface area contributed by atoms with Crippen LogP contribution in [0.25, 0.3) is 5.65 Å². The van der Waals surface area contributed by atoms with Gasteiger partial charge in [0.1, 0.15) is 0 Å². The number of rotatable bonds is 3. The van der Waals surface area contributed by atoms with E-state index in [-0.39, 0.29) is 0 Å². The van der Waals surface area contributed by atoms with Gasteiger partial charge < -0.3 is 10.4 Å². The number of imidazole rings is 1. The van der Waals surface area contributed by atoms with Crippen molar-refractivity contribution in [1.82, 2.24) is 14.6 Å². The Kier molecular flexibility index (Phi) is 5.14. The molecule has 6 heteroatoms. The van der Waals surface area contributed by atoms with Crippen molar-refractivity contribution in [3.8, 4) is 0 Å². The molecule has 0 radical (unpaired) electrons. The van der Waals surface area contributed by atoms with Gasteiger partial charge in [0.05, 0.1) is 23.2 Å². The maximum absolute atomic E-state index is 9.69. The molecule has 0 spiro atoms. The van der Waals surface area contributed by atoms with Gasteiger partial charge in [-0.05, 0) is 20.8 Å². The topological polar surface area (TPSA) is 62.5 Å². The molecule has 0 amide bonds. The number of aliphatic hydroxyl groups is 1. The van der Waals surface area contributed by atoms with Crippen LogP contribution in [0.3, 0.4) is 0 Å². The number of halogens is 1. The standard InChI is InChI=1S/C11H15ClN4O.C2H6/c1-7-5-13-10-8(14-6-11(2,3)17)4-9(12)15-16(7)10;1-2/h4-5,14,17H,6H2,1-3H3;1-2H3. The van der Waals surface area contributed by atoms with Crippen LogP contribution in [0.1, 0.15) is 33.4 Å². The van der Waals surface area contributed by atoms with Crippen molar-refractivity contribution >= 4 is 22.9 Å². The Labute approximate surface area is 118 Å². The summed E-state index contributed by atoms with van der Waals surface area (Å²) in [5.74, 6) is 0. The van der Waals surface area contributed by atoms with Gasteiger partial charge in [0.25, 0.3) is 0 Å². The molecule has 2 aromatic heterocycles. The van der Waals surface area contributed by atoms with Gasteiger partial charge in [-0.25, -0.2) is 9.50 Å². The van der Waals surface area contributed by atoms with Crippen LogP contribution in [0.5, 0.6) is 0 Å². The van der Waals surface area contributed by atoms with Crippen LogP contribution in [0.2, 0.25) is 5.15 Å². The second-order valence-electron chi connectivity index (χ2n) is 4.68. The van der Waals surface area contributed by atoms with Crippen LogP contribution < -0.4 is 5.32 Å². The van der Waals surface area contributed by atoms with Crippen molar-refractivity contribution in [2.45, 2.75) is 40.2 Å². The maximum Gasteiger partial charge on any atom is 0.177 e. The van der Waals surface area contributed by atoms with Crippen LogP contribution in [0.15, 0.2) is 12.3 Å². The Morgan fingerprint density at radius 2 is 2.05 bits per heavy atom. The predicted octanol–water partition coefficient (Wildman–Crippen LogP) is 2.90. The van der Waals surface area contributed by atoms with E-state index in [4.69, 9.17) is 11.6 Å². The molecule has 2 heterocycles. The zero-order chi connectivity index (χ0) is 14.6. The Bertz CT molecular complexity index is 545. The van der Waals surface area contributed by atoms with Crippen molar-refractivity contribution in [1.29, 1.82) is 0 Å². The third-order valence-corrected chi connectivity index (χ3v) is 2.50. The average molecular weight is 285 g/mol. The zero-order valence-corrected chi connectivity index (χ0v) is 12.8. The summed E-state index contributed by atoms with van der Waals surface area (Å²) in [6, 6.07) is 1.70. The van der Waals surface area contributed by atoms with Crippen molar-refractivity contribution < 1.29 is 5.11 Å². The van der Waals surface area contributed by atoms with E-state index >= 15 is 0 Å². The fourth-order valence-corrected chi connectivity index (χ4v) is 1.68. The molecule has 106 valence electrons. The molecular formula is C13H21ClN4O. The molecule has 0 aliphatic carbocycles. The van der Waals surface area contributed by atoms with Crippen molar-refractivity contribution in [3.05, 3.63) is 23.1 Å². The molecule has 0 saturated carbocycles. The average Bonchev–Trinajstić information content (AvgIpc) is 2.70. The fourth-order valence-electron chi connectivity index (χ4n) is 1.49. The first-order chi connectivity index (χ1) is 8.87. The Morgan fingerprint density at radius 3 is 2.63 bits per heavy atom. The largest absolute Gasteiger partial charge is 0.389 e. The highest BCUT2D eigenvalue weighted by molar-refractivity contribution is 6.29. The molecule has 19 heavy (non-hydrogen) atoms. The van der Waals surface area contributed by atoms with E-state index < -0.39 is 5.60 Å². The molecule has 2 rings (SSSR count). The third kappa shape index (κ3) is 4.08. The minimum atomic E-state index is -0.797. The number of hydrogen-bond donors (Lipinski definition) is 2. The number of anilines is 1. The smallest absolute Gasteiger partial charge is 0.177 e. The summed E-state index contributed by atoms with van der Waals surface area (Å²) in [5, 5.41) is 17.4. The summed E-state index contributed by atoms with van der Waals surface area (Å²) in [6.07, 6.45) is 1.73. The maximum atomic E-state index is 9.69. The van der Waals surface area contributed by atoms with Crippen LogP contribution in [-0.4, -0.2) is 31.9 Å². The minimum Gasteiger partial charge on any atom is -0.389 e. The Hall–Kier alpha value is -1.33. The van der Waals surface area contributed by atoms with E-state index in [1.807, 2.05) is 20.8 Å². The lowest BCUT2D eigenvalue weighted by atomic mass is 10.1. The molecule has 2 aromatic rings. The number of fused-ring (bicyclic) bond motifs is 1. The summed E-state index contributed by atoms with van der Waals surface area (Å²) >= 11 is 5.94. The van der Waals surface area contributed by atoms with Gasteiger partial charge in [-0.3, -0.25) is 0 Å². The first kappa shape index (κ1) is 15.7. The van der Waals surface area contributed by atoms with E-state index in [1.165, 1.54) is 0 Å². The lowest BCUT2D eigenvalue weighted by molar-refractivity contribution is 0.0945. The van der Waals surface area contributed by atoms with Crippen molar-refractivity contribution in [3.63, 3.8) is 0 Å². The fraction of sp³-hybridized carbons (Fsp3) is 0.538. The van der Waals surface area contributed by atoms with Gasteiger partial charge in [0.2, 0.25) is 0 Å². The van der Waals surface area contributed by atoms with Crippen LogP contribution in [0, 0.1) is 6.92 Å². The Balaban J connectivity index is 0.000000861. The zero-order valence-electron chi connectivity index (χ0n) is 12.0.